The molecule has 0 bridgehead atoms. The number of hydrogen-bond acceptors (Lipinski definition) is 4. The van der Waals surface area contributed by atoms with Crippen LogP contribution in [-0.2, 0) is 0 Å². The highest BCUT2D eigenvalue weighted by molar-refractivity contribution is 7.99. The summed E-state index contributed by atoms with van der Waals surface area (Å²) in [5.74, 6) is 2.12. The Bertz CT molecular complexity index is 373. The third kappa shape index (κ3) is 5.51. The monoisotopic (exact) mass is 282 g/mol. The second kappa shape index (κ2) is 8.56. The van der Waals surface area contributed by atoms with Gasteiger partial charge in [0.2, 0.25) is 0 Å². The highest BCUT2D eigenvalue weighted by Gasteiger charge is 2.12. The lowest BCUT2D eigenvalue weighted by Crippen LogP contribution is -2.23. The number of aliphatic hydroxyl groups is 1. The van der Waals surface area contributed by atoms with Gasteiger partial charge >= 0.3 is 0 Å². The van der Waals surface area contributed by atoms with Crippen LogP contribution in [0.4, 0.5) is 0 Å². The van der Waals surface area contributed by atoms with E-state index < -0.39 is 0 Å². The molecule has 2 N–H and O–H groups in total. The van der Waals surface area contributed by atoms with Gasteiger partial charge in [0.25, 0.3) is 0 Å². The van der Waals surface area contributed by atoms with Crippen LogP contribution in [0, 0.1) is 20.8 Å². The van der Waals surface area contributed by atoms with Crippen molar-refractivity contribution in [1.82, 2.24) is 10.3 Å². The SMILES string of the molecule is Cc1cc(C)c(C(C)NCCSCCCO)c(C)n1. The van der Waals surface area contributed by atoms with Crippen LogP contribution >= 0.6 is 11.8 Å². The summed E-state index contributed by atoms with van der Waals surface area (Å²) >= 11 is 1.89. The van der Waals surface area contributed by atoms with Gasteiger partial charge in [0.15, 0.2) is 0 Å². The Morgan fingerprint density at radius 2 is 2.05 bits per heavy atom. The first-order valence-electron chi connectivity index (χ1n) is 6.93. The van der Waals surface area contributed by atoms with Crippen LogP contribution in [0.1, 0.15) is 41.9 Å². The first-order chi connectivity index (χ1) is 9.06. The van der Waals surface area contributed by atoms with Gasteiger partial charge in [-0.1, -0.05) is 0 Å². The fourth-order valence-electron chi connectivity index (χ4n) is 2.41. The first kappa shape index (κ1) is 16.5. The van der Waals surface area contributed by atoms with Crippen molar-refractivity contribution in [3.63, 3.8) is 0 Å². The number of nitrogens with zero attached hydrogens (tertiary/aromatic N) is 1. The average Bonchev–Trinajstić information content (AvgIpc) is 2.32. The van der Waals surface area contributed by atoms with Crippen LogP contribution in [-0.4, -0.2) is 34.7 Å². The van der Waals surface area contributed by atoms with Crippen LogP contribution in [0.15, 0.2) is 6.07 Å². The summed E-state index contributed by atoms with van der Waals surface area (Å²) < 4.78 is 0. The smallest absolute Gasteiger partial charge is 0.0438 e. The van der Waals surface area contributed by atoms with Crippen molar-refractivity contribution >= 4 is 11.8 Å². The lowest BCUT2D eigenvalue weighted by Gasteiger charge is -2.19. The molecule has 0 aliphatic carbocycles. The number of nitrogens with one attached hydrogen (secondary N) is 1. The number of aliphatic hydroxyl groups excluding tert-OH is 1. The standard InChI is InChI=1S/C15H26N2OS/c1-11-10-12(2)17-14(4)15(11)13(3)16-6-9-19-8-5-7-18/h10,13,16,18H,5-9H2,1-4H3. The average molecular weight is 282 g/mol. The molecule has 1 rings (SSSR count). The molecule has 19 heavy (non-hydrogen) atoms. The van der Waals surface area contributed by atoms with Crippen LogP contribution in [0.25, 0.3) is 0 Å². The number of aryl methyl sites for hydroxylation is 3. The Hall–Kier alpha value is -0.580. The molecular weight excluding hydrogens is 256 g/mol. The van der Waals surface area contributed by atoms with Crippen molar-refractivity contribution in [2.24, 2.45) is 0 Å². The van der Waals surface area contributed by atoms with E-state index >= 15 is 0 Å². The molecule has 0 radical (unpaired) electrons. The predicted octanol–water partition coefficient (Wildman–Crippen LogP) is 2.77. The topological polar surface area (TPSA) is 45.1 Å². The quantitative estimate of drug-likeness (QED) is 0.720. The van der Waals surface area contributed by atoms with E-state index in [4.69, 9.17) is 5.11 Å². The van der Waals surface area contributed by atoms with E-state index in [0.717, 1.165) is 35.9 Å². The van der Waals surface area contributed by atoms with E-state index in [1.54, 1.807) is 0 Å². The molecule has 3 nitrogen and oxygen atoms in total. The molecule has 1 aromatic rings. The number of rotatable bonds is 8. The van der Waals surface area contributed by atoms with Crippen LogP contribution in [0.3, 0.4) is 0 Å². The van der Waals surface area contributed by atoms with E-state index in [9.17, 15) is 0 Å². The third-order valence-electron chi connectivity index (χ3n) is 3.16. The van der Waals surface area contributed by atoms with Crippen LogP contribution < -0.4 is 5.32 Å². The number of pyridine rings is 1. The number of thioether (sulfide) groups is 1. The normalized spacial score (nSPS) is 12.7. The maximum Gasteiger partial charge on any atom is 0.0438 e. The molecule has 1 heterocycles. The molecule has 108 valence electrons. The largest absolute Gasteiger partial charge is 0.396 e. The van der Waals surface area contributed by atoms with Gasteiger partial charge < -0.3 is 10.4 Å². The molecular formula is C15H26N2OS. The Morgan fingerprint density at radius 3 is 2.68 bits per heavy atom. The molecule has 1 atom stereocenters. The van der Waals surface area contributed by atoms with Crippen molar-refractivity contribution in [1.29, 1.82) is 0 Å². The second-order valence-corrected chi connectivity index (χ2v) is 6.17. The third-order valence-corrected chi connectivity index (χ3v) is 4.23. The minimum absolute atomic E-state index is 0.296. The minimum Gasteiger partial charge on any atom is -0.396 e. The van der Waals surface area contributed by atoms with Crippen molar-refractivity contribution in [2.45, 2.75) is 40.2 Å². The summed E-state index contributed by atoms with van der Waals surface area (Å²) in [5.41, 5.74) is 4.86. The predicted molar refractivity (Wildman–Crippen MR) is 83.9 cm³/mol. The fourth-order valence-corrected chi connectivity index (χ4v) is 3.21. The van der Waals surface area contributed by atoms with Gasteiger partial charge in [-0.25, -0.2) is 0 Å². The molecule has 0 saturated heterocycles. The zero-order valence-electron chi connectivity index (χ0n) is 12.5. The Morgan fingerprint density at radius 1 is 1.32 bits per heavy atom. The fraction of sp³-hybridized carbons (Fsp3) is 0.667. The zero-order chi connectivity index (χ0) is 14.3. The van der Waals surface area contributed by atoms with E-state index in [1.807, 2.05) is 18.7 Å². The summed E-state index contributed by atoms with van der Waals surface area (Å²) in [4.78, 5) is 4.55. The highest BCUT2D eigenvalue weighted by Crippen LogP contribution is 2.21. The Labute approximate surface area is 121 Å². The van der Waals surface area contributed by atoms with Gasteiger partial charge in [-0.3, -0.25) is 4.98 Å². The number of aromatic nitrogens is 1. The van der Waals surface area contributed by atoms with Crippen LogP contribution in [0.2, 0.25) is 0 Å². The molecule has 1 unspecified atom stereocenters. The van der Waals surface area contributed by atoms with Gasteiger partial charge in [-0.2, -0.15) is 11.8 Å². The summed E-state index contributed by atoms with van der Waals surface area (Å²) in [5, 5.41) is 12.3. The van der Waals surface area contributed by atoms with Gasteiger partial charge in [-0.05, 0) is 57.1 Å². The van der Waals surface area contributed by atoms with Gasteiger partial charge in [0.05, 0.1) is 0 Å². The molecule has 0 saturated carbocycles. The molecule has 0 aliphatic heterocycles. The first-order valence-corrected chi connectivity index (χ1v) is 8.08. The maximum atomic E-state index is 8.71. The maximum absolute atomic E-state index is 8.71. The summed E-state index contributed by atoms with van der Waals surface area (Å²) in [7, 11) is 0. The van der Waals surface area contributed by atoms with Crippen molar-refractivity contribution in [2.75, 3.05) is 24.7 Å². The Balaban J connectivity index is 2.43. The van der Waals surface area contributed by atoms with E-state index in [2.05, 4.69) is 37.1 Å². The summed E-state index contributed by atoms with van der Waals surface area (Å²) in [6, 6.07) is 2.49. The second-order valence-electron chi connectivity index (χ2n) is 4.94. The molecule has 0 spiro atoms. The Kier molecular flexibility index (Phi) is 7.42. The van der Waals surface area contributed by atoms with Gasteiger partial charge in [0.1, 0.15) is 0 Å². The van der Waals surface area contributed by atoms with Crippen molar-refractivity contribution in [3.05, 3.63) is 28.6 Å². The van der Waals surface area contributed by atoms with E-state index in [1.165, 1.54) is 11.1 Å². The molecule has 0 aromatic carbocycles. The van der Waals surface area contributed by atoms with E-state index in [-0.39, 0.29) is 0 Å². The summed E-state index contributed by atoms with van der Waals surface area (Å²) in [6.45, 7) is 9.77. The van der Waals surface area contributed by atoms with Crippen molar-refractivity contribution < 1.29 is 5.11 Å². The zero-order valence-corrected chi connectivity index (χ0v) is 13.3. The summed E-state index contributed by atoms with van der Waals surface area (Å²) in [6.07, 6.45) is 0.889. The highest BCUT2D eigenvalue weighted by atomic mass is 32.2. The van der Waals surface area contributed by atoms with Crippen LogP contribution in [0.5, 0.6) is 0 Å². The van der Waals surface area contributed by atoms with E-state index in [0.29, 0.717) is 12.6 Å². The minimum atomic E-state index is 0.296. The molecule has 0 amide bonds. The lowest BCUT2D eigenvalue weighted by molar-refractivity contribution is 0.296. The van der Waals surface area contributed by atoms with Gasteiger partial charge in [-0.15, -0.1) is 0 Å². The molecule has 0 fully saturated rings. The molecule has 0 aliphatic rings. The molecule has 1 aromatic heterocycles. The van der Waals surface area contributed by atoms with Gasteiger partial charge in [0, 0.05) is 36.3 Å². The lowest BCUT2D eigenvalue weighted by atomic mass is 10.0. The molecule has 4 heteroatoms. The van der Waals surface area contributed by atoms with Crippen molar-refractivity contribution in [3.8, 4) is 0 Å². The number of hydrogen-bond donors (Lipinski definition) is 2.